The van der Waals surface area contributed by atoms with Gasteiger partial charge in [-0.1, -0.05) is 11.6 Å². The molecule has 0 N–H and O–H groups in total. The molecule has 0 heterocycles. The molecule has 0 saturated carbocycles. The Bertz CT molecular complexity index is 534. The average molecular weight is 311 g/mol. The van der Waals surface area contributed by atoms with Gasteiger partial charge >= 0.3 is 6.18 Å². The van der Waals surface area contributed by atoms with Crippen molar-refractivity contribution in [2.24, 2.45) is 0 Å². The Balaban J connectivity index is 3.02. The van der Waals surface area contributed by atoms with Gasteiger partial charge in [-0.05, 0) is 19.1 Å². The molecule has 1 aromatic carbocycles. The van der Waals surface area contributed by atoms with Gasteiger partial charge in [-0.15, -0.1) is 0 Å². The maximum atomic E-state index is 12.3. The number of nitro groups is 1. The summed E-state index contributed by atoms with van der Waals surface area (Å²) in [5, 5.41) is 10.3. The third-order valence-corrected chi connectivity index (χ3v) is 2.73. The molecule has 0 atom stereocenters. The van der Waals surface area contributed by atoms with E-state index in [1.165, 1.54) is 6.92 Å². The minimum atomic E-state index is -4.52. The molecule has 110 valence electrons. The number of halogens is 4. The molecule has 0 radical (unpaired) electrons. The average Bonchev–Trinajstić information content (AvgIpc) is 2.33. The van der Waals surface area contributed by atoms with E-state index < -0.39 is 29.2 Å². The van der Waals surface area contributed by atoms with Crippen LogP contribution in [0.5, 0.6) is 0 Å². The third-order valence-electron chi connectivity index (χ3n) is 2.43. The van der Waals surface area contributed by atoms with E-state index in [0.29, 0.717) is 4.90 Å². The lowest BCUT2D eigenvalue weighted by atomic mass is 10.1. The third kappa shape index (κ3) is 4.09. The first-order valence-corrected chi connectivity index (χ1v) is 5.83. The number of amides is 1. The van der Waals surface area contributed by atoms with Gasteiger partial charge in [0.2, 0.25) is 0 Å². The summed E-state index contributed by atoms with van der Waals surface area (Å²) in [5.74, 6) is -0.887. The second-order valence-electron chi connectivity index (χ2n) is 3.86. The van der Waals surface area contributed by atoms with Crippen LogP contribution in [0.2, 0.25) is 5.02 Å². The van der Waals surface area contributed by atoms with Gasteiger partial charge in [0.15, 0.2) is 0 Å². The number of nitro benzene ring substituents is 1. The number of alkyl halides is 3. The van der Waals surface area contributed by atoms with E-state index in [4.69, 9.17) is 11.6 Å². The zero-order valence-electron chi connectivity index (χ0n) is 10.3. The molecule has 0 bridgehead atoms. The van der Waals surface area contributed by atoms with Gasteiger partial charge in [0, 0.05) is 18.2 Å². The summed E-state index contributed by atoms with van der Waals surface area (Å²) in [6.07, 6.45) is -4.52. The summed E-state index contributed by atoms with van der Waals surface area (Å²) in [6, 6.07) is 3.05. The highest BCUT2D eigenvalue weighted by molar-refractivity contribution is 6.33. The van der Waals surface area contributed by atoms with Gasteiger partial charge in [-0.2, -0.15) is 13.2 Å². The molecular weight excluding hydrogens is 301 g/mol. The molecule has 1 aromatic rings. The molecule has 0 aliphatic heterocycles. The zero-order valence-corrected chi connectivity index (χ0v) is 11.0. The molecule has 0 aliphatic carbocycles. The predicted octanol–water partition coefficient (Wildman–Crippen LogP) is 3.27. The highest BCUT2D eigenvalue weighted by Crippen LogP contribution is 2.26. The highest BCUT2D eigenvalue weighted by Gasteiger charge is 2.32. The van der Waals surface area contributed by atoms with Crippen LogP contribution < -0.4 is 0 Å². The van der Waals surface area contributed by atoms with Crippen molar-refractivity contribution in [3.8, 4) is 0 Å². The van der Waals surface area contributed by atoms with Crippen LogP contribution in [0, 0.1) is 10.1 Å². The number of carbonyl (C=O) groups is 1. The topological polar surface area (TPSA) is 63.5 Å². The summed E-state index contributed by atoms with van der Waals surface area (Å²) < 4.78 is 36.9. The van der Waals surface area contributed by atoms with Gasteiger partial charge in [0.05, 0.1) is 4.92 Å². The minimum absolute atomic E-state index is 0.133. The van der Waals surface area contributed by atoms with Crippen LogP contribution in [0.3, 0.4) is 0 Å². The van der Waals surface area contributed by atoms with E-state index in [2.05, 4.69) is 0 Å². The number of carbonyl (C=O) groups excluding carboxylic acids is 1. The molecule has 0 aromatic heterocycles. The highest BCUT2D eigenvalue weighted by atomic mass is 35.5. The lowest BCUT2D eigenvalue weighted by Crippen LogP contribution is -2.38. The van der Waals surface area contributed by atoms with Crippen molar-refractivity contribution in [3.63, 3.8) is 0 Å². The van der Waals surface area contributed by atoms with Crippen molar-refractivity contribution in [3.05, 3.63) is 38.9 Å². The second-order valence-corrected chi connectivity index (χ2v) is 4.27. The van der Waals surface area contributed by atoms with Gasteiger partial charge in [0.25, 0.3) is 11.6 Å². The van der Waals surface area contributed by atoms with Gasteiger partial charge in [0.1, 0.15) is 11.6 Å². The second kappa shape index (κ2) is 6.08. The molecule has 0 aliphatic rings. The molecule has 0 unspecified atom stereocenters. The van der Waals surface area contributed by atoms with E-state index in [-0.39, 0.29) is 17.1 Å². The van der Waals surface area contributed by atoms with E-state index in [0.717, 1.165) is 18.2 Å². The maximum Gasteiger partial charge on any atom is 0.406 e. The lowest BCUT2D eigenvalue weighted by Gasteiger charge is -2.22. The normalized spacial score (nSPS) is 11.2. The first kappa shape index (κ1) is 16.2. The fraction of sp³-hybridized carbons (Fsp3) is 0.364. The fourth-order valence-electron chi connectivity index (χ4n) is 1.51. The van der Waals surface area contributed by atoms with Crippen molar-refractivity contribution in [2.45, 2.75) is 13.1 Å². The number of hydrogen-bond acceptors (Lipinski definition) is 3. The smallest absolute Gasteiger partial charge is 0.330 e. The van der Waals surface area contributed by atoms with Crippen LogP contribution in [0.1, 0.15) is 17.3 Å². The number of rotatable bonds is 4. The molecule has 1 amide bonds. The van der Waals surface area contributed by atoms with Gasteiger partial charge in [-0.25, -0.2) is 0 Å². The first-order valence-electron chi connectivity index (χ1n) is 5.45. The largest absolute Gasteiger partial charge is 0.406 e. The van der Waals surface area contributed by atoms with Crippen LogP contribution >= 0.6 is 11.6 Å². The Morgan fingerprint density at radius 3 is 2.45 bits per heavy atom. The zero-order chi connectivity index (χ0) is 15.5. The number of nitrogens with zero attached hydrogens (tertiary/aromatic N) is 2. The van der Waals surface area contributed by atoms with Crippen LogP contribution in [-0.4, -0.2) is 35.0 Å². The molecule has 0 spiro atoms. The van der Waals surface area contributed by atoms with Crippen LogP contribution in [0.25, 0.3) is 0 Å². The maximum absolute atomic E-state index is 12.3. The Morgan fingerprint density at radius 2 is 2.05 bits per heavy atom. The van der Waals surface area contributed by atoms with Crippen LogP contribution in [-0.2, 0) is 0 Å². The molecular formula is C11H10ClF3N2O3. The fourth-order valence-corrected chi connectivity index (χ4v) is 1.76. The summed E-state index contributed by atoms with van der Waals surface area (Å²) >= 11 is 5.61. The summed E-state index contributed by atoms with van der Waals surface area (Å²) in [5.41, 5.74) is -0.547. The van der Waals surface area contributed by atoms with Crippen molar-refractivity contribution in [2.75, 3.05) is 13.1 Å². The van der Waals surface area contributed by atoms with Crippen molar-refractivity contribution >= 4 is 23.2 Å². The van der Waals surface area contributed by atoms with Crippen molar-refractivity contribution < 1.29 is 22.9 Å². The van der Waals surface area contributed by atoms with E-state index >= 15 is 0 Å². The number of benzene rings is 1. The predicted molar refractivity (Wildman–Crippen MR) is 65.7 cm³/mol. The van der Waals surface area contributed by atoms with Crippen LogP contribution in [0.15, 0.2) is 18.2 Å². The van der Waals surface area contributed by atoms with E-state index in [1.54, 1.807) is 0 Å². The standard InChI is InChI=1S/C11H10ClF3N2O3/c1-2-16(6-11(13,14)15)10(18)7-3-4-9(17(19)20)8(12)5-7/h3-5H,2,6H2,1H3. The van der Waals surface area contributed by atoms with E-state index in [1.807, 2.05) is 0 Å². The van der Waals surface area contributed by atoms with Crippen molar-refractivity contribution in [1.82, 2.24) is 4.90 Å². The molecule has 0 saturated heterocycles. The Hall–Kier alpha value is -1.83. The Kier molecular flexibility index (Phi) is 4.93. The number of hydrogen-bond donors (Lipinski definition) is 0. The minimum Gasteiger partial charge on any atom is -0.330 e. The van der Waals surface area contributed by atoms with Gasteiger partial charge in [-0.3, -0.25) is 14.9 Å². The van der Waals surface area contributed by atoms with Crippen molar-refractivity contribution in [1.29, 1.82) is 0 Å². The SMILES string of the molecule is CCN(CC(F)(F)F)C(=O)c1ccc([N+](=O)[O-])c(Cl)c1. The molecule has 9 heteroatoms. The quantitative estimate of drug-likeness (QED) is 0.633. The van der Waals surface area contributed by atoms with Crippen LogP contribution in [0.4, 0.5) is 18.9 Å². The molecule has 5 nitrogen and oxygen atoms in total. The summed E-state index contributed by atoms with van der Waals surface area (Å²) in [6.45, 7) is -0.138. The Labute approximate surface area is 117 Å². The summed E-state index contributed by atoms with van der Waals surface area (Å²) in [7, 11) is 0. The molecule has 20 heavy (non-hydrogen) atoms. The lowest BCUT2D eigenvalue weighted by molar-refractivity contribution is -0.384. The summed E-state index contributed by atoms with van der Waals surface area (Å²) in [4.78, 5) is 22.3. The Morgan fingerprint density at radius 1 is 1.45 bits per heavy atom. The first-order chi connectivity index (χ1) is 9.15. The monoisotopic (exact) mass is 310 g/mol. The molecule has 0 fully saturated rings. The van der Waals surface area contributed by atoms with Gasteiger partial charge < -0.3 is 4.90 Å². The molecule has 1 rings (SSSR count). The van der Waals surface area contributed by atoms with E-state index in [9.17, 15) is 28.1 Å².